The number of methoxy groups -OCH3 is 1. The van der Waals surface area contributed by atoms with Crippen LogP contribution >= 0.6 is 0 Å². The lowest BCUT2D eigenvalue weighted by Crippen LogP contribution is -2.56. The number of carboxylic acid groups (broad SMARTS) is 2. The van der Waals surface area contributed by atoms with Crippen molar-refractivity contribution in [1.29, 1.82) is 0 Å². The standard InChI is InChI=1S/C16H19FN2O7/c1-25-14(20)12-3-2-11(8-13(12)17)26-7-4-10-9-18(15(21)22)5-6-19(10)16(23)24/h2-3,8,10H,4-7,9H2,1H3,(H,21,22)(H,23,24)/t10-/m1/s1. The molecule has 26 heavy (non-hydrogen) atoms. The van der Waals surface area contributed by atoms with Gasteiger partial charge in [-0.2, -0.15) is 0 Å². The molecule has 0 aromatic heterocycles. The smallest absolute Gasteiger partial charge is 0.407 e. The molecule has 9 nitrogen and oxygen atoms in total. The van der Waals surface area contributed by atoms with Crippen molar-refractivity contribution in [2.75, 3.05) is 33.4 Å². The van der Waals surface area contributed by atoms with Crippen molar-refractivity contribution < 1.29 is 38.5 Å². The fraction of sp³-hybridized carbons (Fsp3) is 0.438. The van der Waals surface area contributed by atoms with Gasteiger partial charge in [-0.25, -0.2) is 18.8 Å². The second kappa shape index (κ2) is 8.37. The highest BCUT2D eigenvalue weighted by Crippen LogP contribution is 2.19. The van der Waals surface area contributed by atoms with Crippen molar-refractivity contribution in [2.24, 2.45) is 0 Å². The molecule has 0 aliphatic carbocycles. The molecular weight excluding hydrogens is 351 g/mol. The molecule has 2 rings (SSSR count). The molecule has 1 saturated heterocycles. The lowest BCUT2D eigenvalue weighted by molar-refractivity contribution is 0.0562. The summed E-state index contributed by atoms with van der Waals surface area (Å²) >= 11 is 0. The van der Waals surface area contributed by atoms with Crippen LogP contribution in [0, 0.1) is 5.82 Å². The number of halogens is 1. The molecule has 1 aliphatic rings. The first-order valence-corrected chi connectivity index (χ1v) is 7.81. The zero-order valence-electron chi connectivity index (χ0n) is 14.1. The molecule has 0 spiro atoms. The molecule has 1 aromatic rings. The van der Waals surface area contributed by atoms with E-state index in [0.29, 0.717) is 0 Å². The Morgan fingerprint density at radius 1 is 1.23 bits per heavy atom. The highest BCUT2D eigenvalue weighted by molar-refractivity contribution is 5.89. The van der Waals surface area contributed by atoms with Crippen LogP contribution < -0.4 is 4.74 Å². The van der Waals surface area contributed by atoms with Gasteiger partial charge in [0.15, 0.2) is 0 Å². The van der Waals surface area contributed by atoms with Gasteiger partial charge in [0.1, 0.15) is 11.6 Å². The Morgan fingerprint density at radius 2 is 1.96 bits per heavy atom. The lowest BCUT2D eigenvalue weighted by atomic mass is 10.1. The molecule has 0 saturated carbocycles. The summed E-state index contributed by atoms with van der Waals surface area (Å²) in [5, 5.41) is 18.3. The van der Waals surface area contributed by atoms with E-state index in [1.807, 2.05) is 0 Å². The summed E-state index contributed by atoms with van der Waals surface area (Å²) in [5.41, 5.74) is -0.221. The number of carbonyl (C=O) groups excluding carboxylic acids is 1. The molecule has 1 heterocycles. The normalized spacial score (nSPS) is 16.9. The predicted octanol–water partition coefficient (Wildman–Crippen LogP) is 1.72. The maximum atomic E-state index is 13.8. The Labute approximate surface area is 148 Å². The molecule has 1 atom stereocenters. The molecule has 10 heteroatoms. The van der Waals surface area contributed by atoms with Crippen LogP contribution in [0.2, 0.25) is 0 Å². The molecule has 2 N–H and O–H groups in total. The van der Waals surface area contributed by atoms with E-state index in [1.165, 1.54) is 17.0 Å². The second-order valence-electron chi connectivity index (χ2n) is 5.63. The van der Waals surface area contributed by atoms with Gasteiger partial charge in [0.25, 0.3) is 0 Å². The van der Waals surface area contributed by atoms with Gasteiger partial charge < -0.3 is 29.5 Å². The first kappa shape index (κ1) is 19.3. The summed E-state index contributed by atoms with van der Waals surface area (Å²) in [6, 6.07) is 3.10. The molecular formula is C16H19FN2O7. The number of rotatable bonds is 5. The monoisotopic (exact) mass is 370 g/mol. The van der Waals surface area contributed by atoms with Gasteiger partial charge in [0.05, 0.1) is 25.3 Å². The van der Waals surface area contributed by atoms with Crippen LogP contribution in [-0.2, 0) is 4.74 Å². The Kier molecular flexibility index (Phi) is 6.21. The summed E-state index contributed by atoms with van der Waals surface area (Å²) in [6.07, 6.45) is -2.01. The Bertz CT molecular complexity index is 697. The van der Waals surface area contributed by atoms with Crippen LogP contribution in [0.15, 0.2) is 18.2 Å². The molecule has 0 radical (unpaired) electrons. The third kappa shape index (κ3) is 4.52. The minimum absolute atomic E-state index is 0.0423. The lowest BCUT2D eigenvalue weighted by Gasteiger charge is -2.38. The highest BCUT2D eigenvalue weighted by atomic mass is 19.1. The number of hydrogen-bond donors (Lipinski definition) is 2. The average molecular weight is 370 g/mol. The van der Waals surface area contributed by atoms with Gasteiger partial charge >= 0.3 is 18.2 Å². The van der Waals surface area contributed by atoms with Crippen molar-refractivity contribution in [3.63, 3.8) is 0 Å². The third-order valence-corrected chi connectivity index (χ3v) is 4.06. The van der Waals surface area contributed by atoms with E-state index in [1.54, 1.807) is 0 Å². The van der Waals surface area contributed by atoms with E-state index in [0.717, 1.165) is 18.1 Å². The van der Waals surface area contributed by atoms with E-state index in [9.17, 15) is 23.9 Å². The topological polar surface area (TPSA) is 117 Å². The van der Waals surface area contributed by atoms with E-state index in [-0.39, 0.29) is 44.0 Å². The number of hydrogen-bond acceptors (Lipinski definition) is 5. The quantitative estimate of drug-likeness (QED) is 0.758. The van der Waals surface area contributed by atoms with E-state index >= 15 is 0 Å². The van der Waals surface area contributed by atoms with Gasteiger partial charge in [0, 0.05) is 32.1 Å². The number of amides is 2. The van der Waals surface area contributed by atoms with Gasteiger partial charge in [0.2, 0.25) is 0 Å². The third-order valence-electron chi connectivity index (χ3n) is 4.06. The van der Waals surface area contributed by atoms with Crippen molar-refractivity contribution in [1.82, 2.24) is 9.80 Å². The van der Waals surface area contributed by atoms with Crippen molar-refractivity contribution in [3.05, 3.63) is 29.6 Å². The van der Waals surface area contributed by atoms with Crippen LogP contribution in [0.1, 0.15) is 16.8 Å². The SMILES string of the molecule is COC(=O)c1ccc(OCC[C@@H]2CN(C(=O)O)CCN2C(=O)O)cc1F. The minimum Gasteiger partial charge on any atom is -0.493 e. The van der Waals surface area contributed by atoms with Crippen LogP contribution in [-0.4, -0.2) is 77.6 Å². The molecule has 0 unspecified atom stereocenters. The average Bonchev–Trinajstić information content (AvgIpc) is 2.60. The van der Waals surface area contributed by atoms with E-state index < -0.39 is 30.0 Å². The fourth-order valence-corrected chi connectivity index (χ4v) is 2.70. The maximum Gasteiger partial charge on any atom is 0.407 e. The zero-order chi connectivity index (χ0) is 19.3. The van der Waals surface area contributed by atoms with Crippen molar-refractivity contribution >= 4 is 18.2 Å². The molecule has 1 fully saturated rings. The molecule has 1 aliphatic heterocycles. The van der Waals surface area contributed by atoms with Gasteiger partial charge in [-0.05, 0) is 12.1 Å². The summed E-state index contributed by atoms with van der Waals surface area (Å²) in [7, 11) is 1.14. The van der Waals surface area contributed by atoms with Crippen molar-refractivity contribution in [3.8, 4) is 5.75 Å². The zero-order valence-corrected chi connectivity index (χ0v) is 14.1. The van der Waals surface area contributed by atoms with Gasteiger partial charge in [-0.15, -0.1) is 0 Å². The molecule has 2 amide bonds. The summed E-state index contributed by atoms with van der Waals surface area (Å²) in [5.74, 6) is -1.43. The van der Waals surface area contributed by atoms with E-state index in [2.05, 4.69) is 4.74 Å². The van der Waals surface area contributed by atoms with Crippen molar-refractivity contribution in [2.45, 2.75) is 12.5 Å². The molecule has 1 aromatic carbocycles. The predicted molar refractivity (Wildman–Crippen MR) is 86.0 cm³/mol. The summed E-state index contributed by atoms with van der Waals surface area (Å²) < 4.78 is 23.7. The fourth-order valence-electron chi connectivity index (χ4n) is 2.70. The van der Waals surface area contributed by atoms with Gasteiger partial charge in [-0.1, -0.05) is 0 Å². The number of esters is 1. The van der Waals surface area contributed by atoms with Gasteiger partial charge in [-0.3, -0.25) is 0 Å². The van der Waals surface area contributed by atoms with E-state index in [4.69, 9.17) is 9.84 Å². The summed E-state index contributed by atoms with van der Waals surface area (Å²) in [4.78, 5) is 36.0. The number of benzene rings is 1. The minimum atomic E-state index is -1.13. The highest BCUT2D eigenvalue weighted by Gasteiger charge is 2.32. The first-order chi connectivity index (χ1) is 12.3. The first-order valence-electron chi connectivity index (χ1n) is 7.81. The van der Waals surface area contributed by atoms with Crippen LogP contribution in [0.3, 0.4) is 0 Å². The Balaban J connectivity index is 1.96. The number of carbonyl (C=O) groups is 3. The van der Waals surface area contributed by atoms with Crippen LogP contribution in [0.25, 0.3) is 0 Å². The summed E-state index contributed by atoms with van der Waals surface area (Å²) in [6.45, 7) is 0.285. The molecule has 142 valence electrons. The largest absolute Gasteiger partial charge is 0.493 e. The molecule has 0 bridgehead atoms. The maximum absolute atomic E-state index is 13.8. The number of piperazine rings is 1. The number of ether oxygens (including phenoxy) is 2. The Morgan fingerprint density at radius 3 is 2.54 bits per heavy atom. The number of nitrogens with zero attached hydrogens (tertiary/aromatic N) is 2. The Hall–Kier alpha value is -3.04. The van der Waals surface area contributed by atoms with Crippen LogP contribution in [0.5, 0.6) is 5.75 Å². The van der Waals surface area contributed by atoms with Crippen LogP contribution in [0.4, 0.5) is 14.0 Å². The second-order valence-corrected chi connectivity index (χ2v) is 5.63.